The average molecular weight is 257 g/mol. The fourth-order valence-corrected chi connectivity index (χ4v) is 1.71. The largest absolute Gasteiger partial charge is 0.478 e. The number of carbonyl (C=O) groups is 1. The second-order valence-corrected chi connectivity index (χ2v) is 4.26. The van der Waals surface area contributed by atoms with Crippen molar-refractivity contribution in [2.45, 2.75) is 13.5 Å². The molecule has 2 rings (SSSR count). The van der Waals surface area contributed by atoms with Gasteiger partial charge in [0.2, 0.25) is 0 Å². The smallest absolute Gasteiger partial charge is 0.335 e. The fourth-order valence-electron chi connectivity index (χ4n) is 1.71. The molecular weight excluding hydrogens is 242 g/mol. The van der Waals surface area contributed by atoms with Crippen LogP contribution in [0.2, 0.25) is 0 Å². The van der Waals surface area contributed by atoms with Crippen molar-refractivity contribution in [1.29, 1.82) is 0 Å². The van der Waals surface area contributed by atoms with Crippen LogP contribution in [-0.4, -0.2) is 16.1 Å². The number of nitrogens with one attached hydrogen (secondary N) is 1. The Morgan fingerprint density at radius 2 is 2.21 bits per heavy atom. The molecule has 0 amide bonds. The molecule has 2 aromatic rings. The quantitative estimate of drug-likeness (QED) is 0.731. The third kappa shape index (κ3) is 3.01. The van der Waals surface area contributed by atoms with Crippen molar-refractivity contribution in [1.82, 2.24) is 4.98 Å². The predicted octanol–water partition coefficient (Wildman–Crippen LogP) is 2.28. The zero-order valence-electron chi connectivity index (χ0n) is 10.6. The number of carboxylic acid groups (broad SMARTS) is 1. The lowest BCUT2D eigenvalue weighted by Gasteiger charge is -2.11. The molecule has 0 spiro atoms. The van der Waals surface area contributed by atoms with Crippen molar-refractivity contribution in [3.05, 3.63) is 53.3 Å². The van der Waals surface area contributed by atoms with E-state index in [1.807, 2.05) is 13.0 Å². The summed E-state index contributed by atoms with van der Waals surface area (Å²) in [7, 11) is 0. The summed E-state index contributed by atoms with van der Waals surface area (Å²) in [6.45, 7) is 2.54. The van der Waals surface area contributed by atoms with E-state index in [0.29, 0.717) is 17.9 Å². The highest BCUT2D eigenvalue weighted by molar-refractivity contribution is 5.90. The molecule has 1 aromatic carbocycles. The first-order chi connectivity index (χ1) is 9.08. The number of nitrogens with zero attached hydrogens (tertiary/aromatic N) is 1. The van der Waals surface area contributed by atoms with Crippen LogP contribution in [0.25, 0.3) is 0 Å². The molecular formula is C14H15N3O2. The van der Waals surface area contributed by atoms with E-state index >= 15 is 0 Å². The SMILES string of the molecule is Cc1ccncc1CNc1cc(C(=O)O)ccc1N. The van der Waals surface area contributed by atoms with Crippen molar-refractivity contribution in [3.8, 4) is 0 Å². The summed E-state index contributed by atoms with van der Waals surface area (Å²) in [5, 5.41) is 12.1. The average Bonchev–Trinajstić information content (AvgIpc) is 2.39. The van der Waals surface area contributed by atoms with Gasteiger partial charge in [0.05, 0.1) is 16.9 Å². The van der Waals surface area contributed by atoms with Gasteiger partial charge in [0.25, 0.3) is 0 Å². The third-order valence-electron chi connectivity index (χ3n) is 2.92. The summed E-state index contributed by atoms with van der Waals surface area (Å²) in [5.41, 5.74) is 9.33. The van der Waals surface area contributed by atoms with E-state index in [1.165, 1.54) is 12.1 Å². The Morgan fingerprint density at radius 1 is 1.42 bits per heavy atom. The van der Waals surface area contributed by atoms with Gasteiger partial charge in [-0.1, -0.05) is 0 Å². The van der Waals surface area contributed by atoms with Gasteiger partial charge in [0.1, 0.15) is 0 Å². The maximum atomic E-state index is 10.9. The van der Waals surface area contributed by atoms with Crippen LogP contribution < -0.4 is 11.1 Å². The van der Waals surface area contributed by atoms with Gasteiger partial charge in [-0.05, 0) is 42.3 Å². The maximum absolute atomic E-state index is 10.9. The molecule has 1 aromatic heterocycles. The second kappa shape index (κ2) is 5.39. The van der Waals surface area contributed by atoms with Crippen molar-refractivity contribution in [3.63, 3.8) is 0 Å². The molecule has 0 saturated carbocycles. The lowest BCUT2D eigenvalue weighted by Crippen LogP contribution is -2.06. The molecule has 5 heteroatoms. The zero-order chi connectivity index (χ0) is 13.8. The van der Waals surface area contributed by atoms with Gasteiger partial charge in [0, 0.05) is 18.9 Å². The van der Waals surface area contributed by atoms with E-state index in [2.05, 4.69) is 10.3 Å². The number of aromatic carboxylic acids is 1. The molecule has 0 atom stereocenters. The van der Waals surface area contributed by atoms with E-state index in [-0.39, 0.29) is 5.56 Å². The van der Waals surface area contributed by atoms with Crippen LogP contribution in [0.1, 0.15) is 21.5 Å². The number of pyridine rings is 1. The monoisotopic (exact) mass is 257 g/mol. The lowest BCUT2D eigenvalue weighted by molar-refractivity contribution is 0.0697. The van der Waals surface area contributed by atoms with Crippen LogP contribution in [-0.2, 0) is 6.54 Å². The Bertz CT molecular complexity index is 611. The number of nitrogens with two attached hydrogens (primary N) is 1. The molecule has 0 bridgehead atoms. The van der Waals surface area contributed by atoms with E-state index in [4.69, 9.17) is 10.8 Å². The first-order valence-corrected chi connectivity index (χ1v) is 5.84. The highest BCUT2D eigenvalue weighted by atomic mass is 16.4. The third-order valence-corrected chi connectivity index (χ3v) is 2.92. The summed E-state index contributed by atoms with van der Waals surface area (Å²) in [5.74, 6) is -0.972. The number of anilines is 2. The Balaban J connectivity index is 2.17. The molecule has 19 heavy (non-hydrogen) atoms. The van der Waals surface area contributed by atoms with Crippen LogP contribution in [0.15, 0.2) is 36.7 Å². The number of nitrogen functional groups attached to an aromatic ring is 1. The standard InChI is InChI=1S/C14H15N3O2/c1-9-4-5-16-7-11(9)8-17-13-6-10(14(18)19)2-3-12(13)15/h2-7,17H,8,15H2,1H3,(H,18,19). The zero-order valence-corrected chi connectivity index (χ0v) is 10.6. The molecule has 1 heterocycles. The van der Waals surface area contributed by atoms with Gasteiger partial charge in [-0.25, -0.2) is 4.79 Å². The van der Waals surface area contributed by atoms with E-state index < -0.39 is 5.97 Å². The Morgan fingerprint density at radius 3 is 2.89 bits per heavy atom. The van der Waals surface area contributed by atoms with Gasteiger partial charge in [-0.15, -0.1) is 0 Å². The van der Waals surface area contributed by atoms with Gasteiger partial charge in [0.15, 0.2) is 0 Å². The van der Waals surface area contributed by atoms with Crippen LogP contribution in [0, 0.1) is 6.92 Å². The van der Waals surface area contributed by atoms with E-state index in [0.717, 1.165) is 11.1 Å². The van der Waals surface area contributed by atoms with Crippen LogP contribution in [0.4, 0.5) is 11.4 Å². The Kier molecular flexibility index (Phi) is 3.66. The topological polar surface area (TPSA) is 88.2 Å². The van der Waals surface area contributed by atoms with Crippen molar-refractivity contribution < 1.29 is 9.90 Å². The van der Waals surface area contributed by atoms with Crippen LogP contribution >= 0.6 is 0 Å². The minimum absolute atomic E-state index is 0.208. The van der Waals surface area contributed by atoms with E-state index in [9.17, 15) is 4.79 Å². The molecule has 0 saturated heterocycles. The van der Waals surface area contributed by atoms with Gasteiger partial charge in [-0.3, -0.25) is 4.98 Å². The van der Waals surface area contributed by atoms with Crippen molar-refractivity contribution >= 4 is 17.3 Å². The number of aromatic nitrogens is 1. The molecule has 0 fully saturated rings. The summed E-state index contributed by atoms with van der Waals surface area (Å²) in [6, 6.07) is 6.53. The predicted molar refractivity (Wildman–Crippen MR) is 74.1 cm³/mol. The molecule has 0 radical (unpaired) electrons. The molecule has 0 unspecified atom stereocenters. The van der Waals surface area contributed by atoms with Gasteiger partial charge in [-0.2, -0.15) is 0 Å². The van der Waals surface area contributed by atoms with Gasteiger partial charge >= 0.3 is 5.97 Å². The van der Waals surface area contributed by atoms with Gasteiger partial charge < -0.3 is 16.2 Å². The highest BCUT2D eigenvalue weighted by Gasteiger charge is 2.07. The Labute approximate surface area is 111 Å². The summed E-state index contributed by atoms with van der Waals surface area (Å²) in [4.78, 5) is 15.0. The normalized spacial score (nSPS) is 10.2. The molecule has 0 aliphatic carbocycles. The first-order valence-electron chi connectivity index (χ1n) is 5.84. The van der Waals surface area contributed by atoms with Crippen molar-refractivity contribution in [2.24, 2.45) is 0 Å². The minimum atomic E-state index is -0.972. The van der Waals surface area contributed by atoms with Crippen LogP contribution in [0.3, 0.4) is 0 Å². The number of rotatable bonds is 4. The molecule has 0 aliphatic heterocycles. The second-order valence-electron chi connectivity index (χ2n) is 4.26. The highest BCUT2D eigenvalue weighted by Crippen LogP contribution is 2.21. The summed E-state index contributed by atoms with van der Waals surface area (Å²) in [6.07, 6.45) is 3.51. The Hall–Kier alpha value is -2.56. The minimum Gasteiger partial charge on any atom is -0.478 e. The number of hydrogen-bond acceptors (Lipinski definition) is 4. The number of carboxylic acids is 1. The molecule has 5 nitrogen and oxygen atoms in total. The molecule has 0 aliphatic rings. The maximum Gasteiger partial charge on any atom is 0.335 e. The van der Waals surface area contributed by atoms with E-state index in [1.54, 1.807) is 18.5 Å². The summed E-state index contributed by atoms with van der Waals surface area (Å²) >= 11 is 0. The lowest BCUT2D eigenvalue weighted by atomic mass is 10.1. The number of hydrogen-bond donors (Lipinski definition) is 3. The fraction of sp³-hybridized carbons (Fsp3) is 0.143. The van der Waals surface area contributed by atoms with Crippen LogP contribution in [0.5, 0.6) is 0 Å². The number of aryl methyl sites for hydroxylation is 1. The van der Waals surface area contributed by atoms with Crippen molar-refractivity contribution in [2.75, 3.05) is 11.1 Å². The summed E-state index contributed by atoms with van der Waals surface area (Å²) < 4.78 is 0. The molecule has 4 N–H and O–H groups in total. The first kappa shape index (κ1) is 12.9. The number of benzene rings is 1. The molecule has 98 valence electrons.